The smallest absolute Gasteiger partial charge is 0.872 e. The molecule has 0 N–H and O–H groups in total. The van der Waals surface area contributed by atoms with E-state index in [0.29, 0.717) is 17.2 Å². The van der Waals surface area contributed by atoms with Crippen LogP contribution in [0.4, 0.5) is 0 Å². The minimum absolute atomic E-state index is 0. The Labute approximate surface area is 127 Å². The minimum atomic E-state index is -0.0601. The van der Waals surface area contributed by atoms with Crippen LogP contribution in [0.5, 0.6) is 23.0 Å². The summed E-state index contributed by atoms with van der Waals surface area (Å²) in [5.74, 6) is 1.58. The molecule has 2 rings (SSSR count). The molecule has 0 aliphatic rings. The fraction of sp³-hybridized carbons (Fsp3) is 0. The predicted octanol–water partition coefficient (Wildman–Crippen LogP) is -0.584. The van der Waals surface area contributed by atoms with E-state index in [9.17, 15) is 5.11 Å². The molecule has 0 saturated heterocycles. The first-order chi connectivity index (χ1) is 8.28. The van der Waals surface area contributed by atoms with Crippen LogP contribution in [0.1, 0.15) is 0 Å². The topological polar surface area (TPSA) is 65.3 Å². The van der Waals surface area contributed by atoms with Crippen LogP contribution in [0.15, 0.2) is 48.5 Å². The molecule has 5 heteroatoms. The molecule has 0 bridgehead atoms. The average Bonchev–Trinajstić information content (AvgIpc) is 2.35. The molecule has 0 aliphatic heterocycles. The molecule has 2 aromatic rings. The van der Waals surface area contributed by atoms with Crippen LogP contribution in [0.2, 0.25) is 0 Å². The summed E-state index contributed by atoms with van der Waals surface area (Å²) < 4.78 is 10.1. The van der Waals surface area contributed by atoms with Gasteiger partial charge in [-0.15, -0.1) is 11.0 Å². The van der Waals surface area contributed by atoms with E-state index in [4.69, 9.17) is 10.00 Å². The third kappa shape index (κ3) is 3.97. The summed E-state index contributed by atoms with van der Waals surface area (Å²) in [4.78, 5) is 0. The molecule has 4 nitrogen and oxygen atoms in total. The molecule has 0 atom stereocenters. The van der Waals surface area contributed by atoms with Crippen molar-refractivity contribution in [1.29, 1.82) is 5.26 Å². The molecule has 18 heavy (non-hydrogen) atoms. The number of nitrogens with zero attached hydrogens (tertiary/aromatic N) is 1. The monoisotopic (exact) mass is 249 g/mol. The van der Waals surface area contributed by atoms with Gasteiger partial charge in [0.05, 0.1) is 0 Å². The summed E-state index contributed by atoms with van der Waals surface area (Å²) in [5, 5.41) is 19.2. The van der Waals surface area contributed by atoms with E-state index in [-0.39, 0.29) is 35.3 Å². The fourth-order valence-electron chi connectivity index (χ4n) is 1.27. The molecular weight excluding hydrogens is 241 g/mol. The summed E-state index contributed by atoms with van der Waals surface area (Å²) in [5.41, 5.74) is 0. The first-order valence-electron chi connectivity index (χ1n) is 4.89. The van der Waals surface area contributed by atoms with Crippen molar-refractivity contribution in [3.8, 4) is 29.3 Å². The Balaban J connectivity index is 0.00000162. The summed E-state index contributed by atoms with van der Waals surface area (Å²) in [6.07, 6.45) is 1.58. The molecule has 0 heterocycles. The molecule has 0 fully saturated rings. The van der Waals surface area contributed by atoms with Gasteiger partial charge < -0.3 is 14.6 Å². The standard InChI is InChI=1S/C13H9NO3.Na/c14-9-16-11-5-7-13(8-6-11)17-12-3-1-10(15)2-4-12;/h1-8,15H;/q;+1/p-1. The minimum Gasteiger partial charge on any atom is -0.872 e. The first-order valence-corrected chi connectivity index (χ1v) is 4.89. The van der Waals surface area contributed by atoms with E-state index in [1.54, 1.807) is 42.7 Å². The Morgan fingerprint density at radius 1 is 0.833 bits per heavy atom. The molecular formula is C13H8NNaO3. The van der Waals surface area contributed by atoms with Gasteiger partial charge in [-0.1, -0.05) is 12.1 Å². The maximum atomic E-state index is 10.9. The number of nitriles is 1. The first kappa shape index (κ1) is 14.4. The van der Waals surface area contributed by atoms with Gasteiger partial charge in [-0.2, -0.15) is 0 Å². The average molecular weight is 249 g/mol. The van der Waals surface area contributed by atoms with Crippen molar-refractivity contribution in [1.82, 2.24) is 0 Å². The van der Waals surface area contributed by atoms with Gasteiger partial charge in [0.1, 0.15) is 17.2 Å². The van der Waals surface area contributed by atoms with Crippen LogP contribution in [-0.2, 0) is 0 Å². The van der Waals surface area contributed by atoms with Crippen molar-refractivity contribution in [2.45, 2.75) is 0 Å². The van der Waals surface area contributed by atoms with E-state index in [1.165, 1.54) is 12.1 Å². The van der Waals surface area contributed by atoms with Crippen LogP contribution < -0.4 is 44.1 Å². The van der Waals surface area contributed by atoms with Crippen molar-refractivity contribution in [3.63, 3.8) is 0 Å². The van der Waals surface area contributed by atoms with Crippen molar-refractivity contribution >= 4 is 0 Å². The Bertz CT molecular complexity index is 532. The van der Waals surface area contributed by atoms with Gasteiger partial charge in [-0.05, 0) is 36.4 Å². The molecule has 0 aliphatic carbocycles. The van der Waals surface area contributed by atoms with Crippen molar-refractivity contribution in [2.24, 2.45) is 0 Å². The van der Waals surface area contributed by atoms with Crippen LogP contribution in [0.3, 0.4) is 0 Å². The van der Waals surface area contributed by atoms with Gasteiger partial charge >= 0.3 is 29.6 Å². The Hall–Kier alpha value is -1.67. The Kier molecular flexibility index (Phi) is 5.53. The maximum absolute atomic E-state index is 10.9. The van der Waals surface area contributed by atoms with Crippen molar-refractivity contribution < 1.29 is 44.1 Å². The maximum Gasteiger partial charge on any atom is 1.00 e. The van der Waals surface area contributed by atoms with Gasteiger partial charge in [-0.25, -0.2) is 0 Å². The number of ether oxygens (including phenoxy) is 2. The Morgan fingerprint density at radius 3 is 1.78 bits per heavy atom. The summed E-state index contributed by atoms with van der Waals surface area (Å²) in [7, 11) is 0. The van der Waals surface area contributed by atoms with E-state index in [1.807, 2.05) is 0 Å². The number of benzene rings is 2. The summed E-state index contributed by atoms with van der Waals surface area (Å²) in [6, 6.07) is 12.7. The number of rotatable bonds is 3. The SMILES string of the molecule is N#COc1ccc(Oc2ccc([O-])cc2)cc1.[Na+]. The van der Waals surface area contributed by atoms with Crippen LogP contribution >= 0.6 is 0 Å². The Morgan fingerprint density at radius 2 is 1.28 bits per heavy atom. The van der Waals surface area contributed by atoms with E-state index < -0.39 is 0 Å². The molecule has 0 aromatic heterocycles. The molecule has 0 saturated carbocycles. The third-order valence-corrected chi connectivity index (χ3v) is 2.05. The number of hydrogen-bond acceptors (Lipinski definition) is 4. The second-order valence-corrected chi connectivity index (χ2v) is 3.24. The largest absolute Gasteiger partial charge is 1.00 e. The molecule has 0 unspecified atom stereocenters. The molecule has 84 valence electrons. The quantitative estimate of drug-likeness (QED) is 0.539. The normalized spacial score (nSPS) is 8.83. The van der Waals surface area contributed by atoms with Gasteiger partial charge in [0.25, 0.3) is 6.26 Å². The van der Waals surface area contributed by atoms with Crippen molar-refractivity contribution in [2.75, 3.05) is 0 Å². The second kappa shape index (κ2) is 6.92. The molecule has 0 amide bonds. The van der Waals surface area contributed by atoms with E-state index >= 15 is 0 Å². The van der Waals surface area contributed by atoms with Gasteiger partial charge in [0.2, 0.25) is 0 Å². The molecule has 2 aromatic carbocycles. The fourth-order valence-corrected chi connectivity index (χ4v) is 1.27. The van der Waals surface area contributed by atoms with Crippen molar-refractivity contribution in [3.05, 3.63) is 48.5 Å². The van der Waals surface area contributed by atoms with Gasteiger partial charge in [-0.3, -0.25) is 0 Å². The zero-order chi connectivity index (χ0) is 12.1. The van der Waals surface area contributed by atoms with Crippen LogP contribution in [-0.4, -0.2) is 0 Å². The zero-order valence-corrected chi connectivity index (χ0v) is 11.8. The van der Waals surface area contributed by atoms with Crippen LogP contribution in [0.25, 0.3) is 0 Å². The summed E-state index contributed by atoms with van der Waals surface area (Å²) >= 11 is 0. The van der Waals surface area contributed by atoms with Gasteiger partial charge in [0.15, 0.2) is 0 Å². The predicted molar refractivity (Wildman–Crippen MR) is 58.6 cm³/mol. The van der Waals surface area contributed by atoms with Gasteiger partial charge in [0, 0.05) is 0 Å². The molecule has 0 radical (unpaired) electrons. The third-order valence-electron chi connectivity index (χ3n) is 2.05. The van der Waals surface area contributed by atoms with E-state index in [2.05, 4.69) is 4.74 Å². The number of hydrogen-bond donors (Lipinski definition) is 0. The zero-order valence-electron chi connectivity index (χ0n) is 9.79. The second-order valence-electron chi connectivity index (χ2n) is 3.24. The molecule has 0 spiro atoms. The summed E-state index contributed by atoms with van der Waals surface area (Å²) in [6.45, 7) is 0. The van der Waals surface area contributed by atoms with E-state index in [0.717, 1.165) is 0 Å². The van der Waals surface area contributed by atoms with Crippen LogP contribution in [0, 0.1) is 11.5 Å².